The molecule has 0 saturated heterocycles. The normalized spacial score (nSPS) is 13.9. The minimum atomic E-state index is 0.497. The highest BCUT2D eigenvalue weighted by Gasteiger charge is 1.90. The maximum atomic E-state index is 5.89. The van der Waals surface area contributed by atoms with Gasteiger partial charge in [-0.3, -0.25) is 0 Å². The van der Waals surface area contributed by atoms with Gasteiger partial charge in [-0.05, 0) is 18.9 Å². The fourth-order valence-electron chi connectivity index (χ4n) is 0.643. The van der Waals surface area contributed by atoms with Gasteiger partial charge in [0.15, 0.2) is 0 Å². The number of hydrogen-bond acceptors (Lipinski definition) is 0. The first kappa shape index (κ1) is 10.5. The average molecular weight is 171 g/mol. The molecule has 0 atom stereocenters. The van der Waals surface area contributed by atoms with Gasteiger partial charge < -0.3 is 0 Å². The van der Waals surface area contributed by atoms with Crippen LogP contribution in [0.15, 0.2) is 35.4 Å². The highest BCUT2D eigenvalue weighted by atomic mass is 35.5. The molecule has 0 bridgehead atoms. The van der Waals surface area contributed by atoms with Crippen LogP contribution in [0.2, 0.25) is 0 Å². The molecule has 0 N–H and O–H groups in total. The van der Waals surface area contributed by atoms with Gasteiger partial charge >= 0.3 is 0 Å². The number of halogens is 1. The molecule has 0 saturated carbocycles. The molecule has 0 heterocycles. The lowest BCUT2D eigenvalue weighted by Crippen LogP contribution is -1.79. The first-order chi connectivity index (χ1) is 5.06. The molecule has 0 unspecified atom stereocenters. The van der Waals surface area contributed by atoms with E-state index in [1.54, 1.807) is 6.08 Å². The van der Waals surface area contributed by atoms with Crippen molar-refractivity contribution in [3.05, 3.63) is 35.4 Å². The molecule has 11 heavy (non-hydrogen) atoms. The zero-order chi connectivity index (χ0) is 8.85. The van der Waals surface area contributed by atoms with Crippen molar-refractivity contribution < 1.29 is 0 Å². The summed E-state index contributed by atoms with van der Waals surface area (Å²) in [5.74, 6) is 0.497. The Morgan fingerprint density at radius 1 is 1.45 bits per heavy atom. The van der Waals surface area contributed by atoms with Gasteiger partial charge in [-0.1, -0.05) is 49.8 Å². The standard InChI is InChI=1S/C10H15Cl/c1-5-9(4)7-10(11)6-8(2)3/h5-8H,1H2,2-4H3/b9-7-,10-6-. The molecule has 0 aromatic carbocycles. The van der Waals surface area contributed by atoms with Crippen molar-refractivity contribution in [1.29, 1.82) is 0 Å². The summed E-state index contributed by atoms with van der Waals surface area (Å²) in [5.41, 5.74) is 1.09. The third kappa shape index (κ3) is 5.93. The minimum absolute atomic E-state index is 0.497. The van der Waals surface area contributed by atoms with Gasteiger partial charge in [0.1, 0.15) is 0 Å². The lowest BCUT2D eigenvalue weighted by Gasteiger charge is -1.95. The Labute approximate surface area is 74.3 Å². The third-order valence-corrected chi connectivity index (χ3v) is 1.42. The Bertz CT molecular complexity index is 185. The molecule has 0 amide bonds. The highest BCUT2D eigenvalue weighted by Crippen LogP contribution is 2.11. The smallest absolute Gasteiger partial charge is 0.0371 e. The Balaban J connectivity index is 4.26. The van der Waals surface area contributed by atoms with Crippen LogP contribution >= 0.6 is 11.6 Å². The van der Waals surface area contributed by atoms with Crippen LogP contribution in [0.25, 0.3) is 0 Å². The lowest BCUT2D eigenvalue weighted by molar-refractivity contribution is 0.830. The minimum Gasteiger partial charge on any atom is -0.0988 e. The number of rotatable bonds is 3. The van der Waals surface area contributed by atoms with Crippen molar-refractivity contribution in [2.45, 2.75) is 20.8 Å². The molecular formula is C10H15Cl. The highest BCUT2D eigenvalue weighted by molar-refractivity contribution is 6.31. The van der Waals surface area contributed by atoms with Gasteiger partial charge in [0, 0.05) is 5.03 Å². The van der Waals surface area contributed by atoms with E-state index in [2.05, 4.69) is 20.4 Å². The van der Waals surface area contributed by atoms with Crippen LogP contribution < -0.4 is 0 Å². The topological polar surface area (TPSA) is 0 Å². The second kappa shape index (κ2) is 5.20. The van der Waals surface area contributed by atoms with Crippen LogP contribution in [0.5, 0.6) is 0 Å². The monoisotopic (exact) mass is 170 g/mol. The maximum Gasteiger partial charge on any atom is 0.0371 e. The molecule has 1 heteroatoms. The molecule has 0 fully saturated rings. The molecule has 0 aliphatic rings. The SMILES string of the molecule is C=C/C(C)=C\C(Cl)=C\C(C)C. The van der Waals surface area contributed by atoms with Crippen molar-refractivity contribution >= 4 is 11.6 Å². The van der Waals surface area contributed by atoms with Crippen molar-refractivity contribution in [2.24, 2.45) is 5.92 Å². The molecule has 0 aromatic heterocycles. The molecule has 0 aromatic rings. The lowest BCUT2D eigenvalue weighted by atomic mass is 10.2. The van der Waals surface area contributed by atoms with E-state index in [0.717, 1.165) is 10.6 Å². The Hall–Kier alpha value is -0.490. The Kier molecular flexibility index (Phi) is 4.97. The van der Waals surface area contributed by atoms with Gasteiger partial charge in [0.05, 0.1) is 0 Å². The maximum absolute atomic E-state index is 5.89. The average Bonchev–Trinajstić information content (AvgIpc) is 1.85. The summed E-state index contributed by atoms with van der Waals surface area (Å²) in [7, 11) is 0. The van der Waals surface area contributed by atoms with Crippen molar-refractivity contribution in [3.8, 4) is 0 Å². The Morgan fingerprint density at radius 3 is 2.36 bits per heavy atom. The predicted molar refractivity (Wildman–Crippen MR) is 52.7 cm³/mol. The molecule has 0 aliphatic heterocycles. The van der Waals surface area contributed by atoms with Gasteiger partial charge in [0.2, 0.25) is 0 Å². The summed E-state index contributed by atoms with van der Waals surface area (Å²) < 4.78 is 0. The number of hydrogen-bond donors (Lipinski definition) is 0. The molecule has 62 valence electrons. The summed E-state index contributed by atoms with van der Waals surface area (Å²) in [4.78, 5) is 0. The van der Waals surface area contributed by atoms with Crippen LogP contribution in [0.4, 0.5) is 0 Å². The number of allylic oxidation sites excluding steroid dienone is 5. The van der Waals surface area contributed by atoms with Crippen LogP contribution in [0.1, 0.15) is 20.8 Å². The molecule has 0 nitrogen and oxygen atoms in total. The summed E-state index contributed by atoms with van der Waals surface area (Å²) in [5, 5.41) is 0.789. The van der Waals surface area contributed by atoms with E-state index in [1.165, 1.54) is 0 Å². The molecule has 0 spiro atoms. The van der Waals surface area contributed by atoms with Gasteiger partial charge in [-0.15, -0.1) is 0 Å². The zero-order valence-electron chi connectivity index (χ0n) is 7.39. The van der Waals surface area contributed by atoms with Gasteiger partial charge in [-0.25, -0.2) is 0 Å². The zero-order valence-corrected chi connectivity index (χ0v) is 8.15. The fraction of sp³-hybridized carbons (Fsp3) is 0.400. The van der Waals surface area contributed by atoms with Gasteiger partial charge in [0.25, 0.3) is 0 Å². The van der Waals surface area contributed by atoms with E-state index in [9.17, 15) is 0 Å². The summed E-state index contributed by atoms with van der Waals surface area (Å²) >= 11 is 5.89. The molecule has 0 aliphatic carbocycles. The van der Waals surface area contributed by atoms with Crippen LogP contribution in [0.3, 0.4) is 0 Å². The van der Waals surface area contributed by atoms with Crippen molar-refractivity contribution in [1.82, 2.24) is 0 Å². The third-order valence-electron chi connectivity index (χ3n) is 1.18. The van der Waals surface area contributed by atoms with Crippen molar-refractivity contribution in [3.63, 3.8) is 0 Å². The van der Waals surface area contributed by atoms with E-state index in [0.29, 0.717) is 5.92 Å². The quantitative estimate of drug-likeness (QED) is 0.564. The first-order valence-electron chi connectivity index (χ1n) is 3.74. The van der Waals surface area contributed by atoms with E-state index in [4.69, 9.17) is 11.6 Å². The molecular weight excluding hydrogens is 156 g/mol. The van der Waals surface area contributed by atoms with Crippen LogP contribution in [0, 0.1) is 5.92 Å². The van der Waals surface area contributed by atoms with Crippen molar-refractivity contribution in [2.75, 3.05) is 0 Å². The Morgan fingerprint density at radius 2 is 2.00 bits per heavy atom. The summed E-state index contributed by atoms with van der Waals surface area (Å²) in [6, 6.07) is 0. The van der Waals surface area contributed by atoms with Crippen LogP contribution in [-0.2, 0) is 0 Å². The largest absolute Gasteiger partial charge is 0.0988 e. The van der Waals surface area contributed by atoms with Gasteiger partial charge in [-0.2, -0.15) is 0 Å². The molecule has 0 rings (SSSR count). The fourth-order valence-corrected chi connectivity index (χ4v) is 1.07. The van der Waals surface area contributed by atoms with E-state index >= 15 is 0 Å². The first-order valence-corrected chi connectivity index (χ1v) is 4.12. The second-order valence-electron chi connectivity index (χ2n) is 2.89. The molecule has 0 radical (unpaired) electrons. The van der Waals surface area contributed by atoms with E-state index in [1.807, 2.05) is 19.1 Å². The summed E-state index contributed by atoms with van der Waals surface area (Å²) in [6.45, 7) is 9.81. The predicted octanol–water partition coefficient (Wildman–Crippen LogP) is 3.90. The summed E-state index contributed by atoms with van der Waals surface area (Å²) in [6.07, 6.45) is 5.71. The van der Waals surface area contributed by atoms with Crippen LogP contribution in [-0.4, -0.2) is 0 Å². The van der Waals surface area contributed by atoms with E-state index < -0.39 is 0 Å². The van der Waals surface area contributed by atoms with E-state index in [-0.39, 0.29) is 0 Å². The second-order valence-corrected chi connectivity index (χ2v) is 3.32.